The molecule has 0 unspecified atom stereocenters. The Kier molecular flexibility index (Phi) is 6.76. The van der Waals surface area contributed by atoms with Gasteiger partial charge in [0.25, 0.3) is 0 Å². The van der Waals surface area contributed by atoms with Crippen molar-refractivity contribution in [1.82, 2.24) is 5.32 Å². The van der Waals surface area contributed by atoms with E-state index >= 15 is 0 Å². The lowest BCUT2D eigenvalue weighted by Crippen LogP contribution is -2.20. The zero-order valence-electron chi connectivity index (χ0n) is 11.9. The maximum Gasteiger partial charge on any atom is 0.119 e. The Morgan fingerprint density at radius 1 is 1.11 bits per heavy atom. The minimum atomic E-state index is 0.223. The van der Waals surface area contributed by atoms with Crippen LogP contribution in [0.15, 0.2) is 24.3 Å². The molecule has 3 nitrogen and oxygen atoms in total. The molecule has 0 aromatic heterocycles. The van der Waals surface area contributed by atoms with Gasteiger partial charge in [0.2, 0.25) is 0 Å². The molecule has 1 N–H and O–H groups in total. The smallest absolute Gasteiger partial charge is 0.119 e. The van der Waals surface area contributed by atoms with Gasteiger partial charge in [-0.1, -0.05) is 12.1 Å². The van der Waals surface area contributed by atoms with Crippen molar-refractivity contribution in [2.45, 2.75) is 39.3 Å². The maximum absolute atomic E-state index is 5.63. The molecular weight excluding hydrogens is 226 g/mol. The molecule has 0 spiro atoms. The van der Waals surface area contributed by atoms with Crippen molar-refractivity contribution in [2.24, 2.45) is 0 Å². The van der Waals surface area contributed by atoms with E-state index in [1.165, 1.54) is 5.56 Å². The molecule has 0 fully saturated rings. The molecule has 0 aliphatic rings. The standard InChI is InChI=1S/C15H25NO2/c1-12(2)18-15-8-6-14(7-9-15)13(3)16-10-5-11-17-4/h6-9,12-13,16H,5,10-11H2,1-4H3/t13-/m0/s1. The highest BCUT2D eigenvalue weighted by Gasteiger charge is 2.05. The Morgan fingerprint density at radius 3 is 2.33 bits per heavy atom. The zero-order valence-corrected chi connectivity index (χ0v) is 11.9. The van der Waals surface area contributed by atoms with Gasteiger partial charge in [-0.05, 0) is 51.4 Å². The molecule has 0 radical (unpaired) electrons. The summed E-state index contributed by atoms with van der Waals surface area (Å²) in [6.45, 7) is 8.02. The van der Waals surface area contributed by atoms with Crippen LogP contribution in [0.3, 0.4) is 0 Å². The van der Waals surface area contributed by atoms with Gasteiger partial charge in [-0.25, -0.2) is 0 Å². The summed E-state index contributed by atoms with van der Waals surface area (Å²) in [5.74, 6) is 0.931. The van der Waals surface area contributed by atoms with Crippen molar-refractivity contribution < 1.29 is 9.47 Å². The van der Waals surface area contributed by atoms with Gasteiger partial charge in [-0.3, -0.25) is 0 Å². The first-order valence-electron chi connectivity index (χ1n) is 6.62. The predicted octanol–water partition coefficient (Wildman–Crippen LogP) is 3.16. The quantitative estimate of drug-likeness (QED) is 0.720. The summed E-state index contributed by atoms with van der Waals surface area (Å²) < 4.78 is 10.7. The molecule has 3 heteroatoms. The van der Waals surface area contributed by atoms with Crippen molar-refractivity contribution in [3.05, 3.63) is 29.8 Å². The van der Waals surface area contributed by atoms with Crippen molar-refractivity contribution in [3.63, 3.8) is 0 Å². The van der Waals surface area contributed by atoms with Crippen LogP contribution in [0.25, 0.3) is 0 Å². The normalized spacial score (nSPS) is 12.7. The minimum absolute atomic E-state index is 0.223. The summed E-state index contributed by atoms with van der Waals surface area (Å²) in [6.07, 6.45) is 1.26. The Bertz CT molecular complexity index is 322. The fourth-order valence-corrected chi connectivity index (χ4v) is 1.76. The fourth-order valence-electron chi connectivity index (χ4n) is 1.76. The highest BCUT2D eigenvalue weighted by atomic mass is 16.5. The van der Waals surface area contributed by atoms with Crippen LogP contribution in [0.1, 0.15) is 38.8 Å². The van der Waals surface area contributed by atoms with Crippen LogP contribution in [0.4, 0.5) is 0 Å². The molecule has 102 valence electrons. The van der Waals surface area contributed by atoms with E-state index in [4.69, 9.17) is 9.47 Å². The lowest BCUT2D eigenvalue weighted by molar-refractivity contribution is 0.193. The summed E-state index contributed by atoms with van der Waals surface area (Å²) in [5.41, 5.74) is 1.28. The molecule has 1 aromatic rings. The van der Waals surface area contributed by atoms with Gasteiger partial charge in [-0.2, -0.15) is 0 Å². The van der Waals surface area contributed by atoms with Gasteiger partial charge < -0.3 is 14.8 Å². The first-order valence-corrected chi connectivity index (χ1v) is 6.62. The molecular formula is C15H25NO2. The van der Waals surface area contributed by atoms with E-state index in [-0.39, 0.29) is 6.10 Å². The number of hydrogen-bond acceptors (Lipinski definition) is 3. The average Bonchev–Trinajstić information content (AvgIpc) is 2.34. The maximum atomic E-state index is 5.63. The van der Waals surface area contributed by atoms with Gasteiger partial charge in [0, 0.05) is 19.8 Å². The minimum Gasteiger partial charge on any atom is -0.491 e. The van der Waals surface area contributed by atoms with E-state index < -0.39 is 0 Å². The predicted molar refractivity (Wildman–Crippen MR) is 75.1 cm³/mol. The molecule has 0 heterocycles. The van der Waals surface area contributed by atoms with Crippen molar-refractivity contribution in [2.75, 3.05) is 20.3 Å². The highest BCUT2D eigenvalue weighted by Crippen LogP contribution is 2.18. The monoisotopic (exact) mass is 251 g/mol. The van der Waals surface area contributed by atoms with Gasteiger partial charge >= 0.3 is 0 Å². The number of ether oxygens (including phenoxy) is 2. The average molecular weight is 251 g/mol. The van der Waals surface area contributed by atoms with E-state index in [1.54, 1.807) is 7.11 Å². The lowest BCUT2D eigenvalue weighted by atomic mass is 10.1. The van der Waals surface area contributed by atoms with Crippen LogP contribution in [-0.2, 0) is 4.74 Å². The second kappa shape index (κ2) is 8.11. The first kappa shape index (κ1) is 15.0. The molecule has 1 rings (SSSR count). The summed E-state index contributed by atoms with van der Waals surface area (Å²) in [5, 5.41) is 3.47. The fraction of sp³-hybridized carbons (Fsp3) is 0.600. The van der Waals surface area contributed by atoms with Crippen molar-refractivity contribution >= 4 is 0 Å². The van der Waals surface area contributed by atoms with Crippen LogP contribution in [0, 0.1) is 0 Å². The van der Waals surface area contributed by atoms with Crippen LogP contribution in [-0.4, -0.2) is 26.4 Å². The Morgan fingerprint density at radius 2 is 1.78 bits per heavy atom. The Hall–Kier alpha value is -1.06. The van der Waals surface area contributed by atoms with Crippen LogP contribution >= 0.6 is 0 Å². The highest BCUT2D eigenvalue weighted by molar-refractivity contribution is 5.29. The van der Waals surface area contributed by atoms with E-state index in [9.17, 15) is 0 Å². The zero-order chi connectivity index (χ0) is 13.4. The van der Waals surface area contributed by atoms with Gasteiger partial charge in [-0.15, -0.1) is 0 Å². The second-order valence-electron chi connectivity index (χ2n) is 4.76. The molecule has 0 aliphatic heterocycles. The van der Waals surface area contributed by atoms with E-state index in [0.29, 0.717) is 6.04 Å². The summed E-state index contributed by atoms with van der Waals surface area (Å²) >= 11 is 0. The Labute approximate surface area is 110 Å². The summed E-state index contributed by atoms with van der Waals surface area (Å²) in [4.78, 5) is 0. The third kappa shape index (κ3) is 5.52. The first-order chi connectivity index (χ1) is 8.63. The molecule has 0 amide bonds. The van der Waals surface area contributed by atoms with E-state index in [2.05, 4.69) is 24.4 Å². The largest absolute Gasteiger partial charge is 0.491 e. The Balaban J connectivity index is 2.41. The van der Waals surface area contributed by atoms with E-state index in [1.807, 2.05) is 26.0 Å². The number of rotatable bonds is 8. The molecule has 0 aliphatic carbocycles. The number of nitrogens with one attached hydrogen (secondary N) is 1. The third-order valence-electron chi connectivity index (χ3n) is 2.73. The van der Waals surface area contributed by atoms with Gasteiger partial charge in [0.05, 0.1) is 6.10 Å². The van der Waals surface area contributed by atoms with Gasteiger partial charge in [0.1, 0.15) is 5.75 Å². The van der Waals surface area contributed by atoms with E-state index in [0.717, 1.165) is 25.3 Å². The molecule has 0 saturated heterocycles. The molecule has 0 saturated carbocycles. The topological polar surface area (TPSA) is 30.5 Å². The van der Waals surface area contributed by atoms with Crippen LogP contribution in [0.5, 0.6) is 5.75 Å². The van der Waals surface area contributed by atoms with Crippen molar-refractivity contribution in [3.8, 4) is 5.75 Å². The van der Waals surface area contributed by atoms with Crippen LogP contribution in [0.2, 0.25) is 0 Å². The third-order valence-corrected chi connectivity index (χ3v) is 2.73. The second-order valence-corrected chi connectivity index (χ2v) is 4.76. The van der Waals surface area contributed by atoms with Crippen LogP contribution < -0.4 is 10.1 Å². The molecule has 0 bridgehead atoms. The lowest BCUT2D eigenvalue weighted by Gasteiger charge is -2.15. The molecule has 1 atom stereocenters. The summed E-state index contributed by atoms with van der Waals surface area (Å²) in [7, 11) is 1.73. The number of benzene rings is 1. The molecule has 18 heavy (non-hydrogen) atoms. The summed E-state index contributed by atoms with van der Waals surface area (Å²) in [6, 6.07) is 8.65. The SMILES string of the molecule is COCCCN[C@@H](C)c1ccc(OC(C)C)cc1. The van der Waals surface area contributed by atoms with Crippen molar-refractivity contribution in [1.29, 1.82) is 0 Å². The number of hydrogen-bond donors (Lipinski definition) is 1. The van der Waals surface area contributed by atoms with Gasteiger partial charge in [0.15, 0.2) is 0 Å². The molecule has 1 aromatic carbocycles. The number of methoxy groups -OCH3 is 1.